The molecule has 0 aromatic heterocycles. The Kier molecular flexibility index (Phi) is 34.9. The number of carbonyl (C=O) groups is 1. The van der Waals surface area contributed by atoms with Crippen LogP contribution >= 0.6 is 7.82 Å². The van der Waals surface area contributed by atoms with Gasteiger partial charge in [-0.1, -0.05) is 194 Å². The van der Waals surface area contributed by atoms with Crippen LogP contribution in [0.3, 0.4) is 0 Å². The number of hydrogen-bond acceptors (Lipinski definition) is 6. The van der Waals surface area contributed by atoms with Crippen molar-refractivity contribution in [2.75, 3.05) is 40.9 Å². The highest BCUT2D eigenvalue weighted by molar-refractivity contribution is 7.45. The molecule has 0 rings (SSSR count). The first-order valence-corrected chi connectivity index (χ1v) is 23.3. The van der Waals surface area contributed by atoms with E-state index in [2.05, 4.69) is 19.2 Å². The van der Waals surface area contributed by atoms with E-state index in [4.69, 9.17) is 9.05 Å². The highest BCUT2D eigenvalue weighted by Gasteiger charge is 2.24. The predicted octanol–water partition coefficient (Wildman–Crippen LogP) is 11.2. The quantitative estimate of drug-likeness (QED) is 0.0367. The van der Waals surface area contributed by atoms with Gasteiger partial charge in [0.15, 0.2) is 0 Å². The van der Waals surface area contributed by atoms with Gasteiger partial charge in [-0.15, -0.1) is 0 Å². The van der Waals surface area contributed by atoms with Gasteiger partial charge in [-0.05, 0) is 12.8 Å². The van der Waals surface area contributed by atoms with Gasteiger partial charge in [0, 0.05) is 6.42 Å². The van der Waals surface area contributed by atoms with Crippen LogP contribution in [-0.2, 0) is 18.4 Å². The molecule has 0 fully saturated rings. The van der Waals surface area contributed by atoms with Gasteiger partial charge in [0.05, 0.1) is 39.9 Å². The molecule has 0 saturated heterocycles. The molecule has 3 atom stereocenters. The first-order chi connectivity index (χ1) is 24.5. The second kappa shape index (κ2) is 35.2. The SMILES string of the molecule is CCCCCCCCCCCCCCCCCCCCCCCCCCC(O)C(COP(=O)([O-])OCC[N+](C)(C)C)NC(=O)CCCCCCC. The van der Waals surface area contributed by atoms with Gasteiger partial charge < -0.3 is 28.8 Å². The molecule has 0 aliphatic carbocycles. The molecule has 0 saturated carbocycles. The third-order valence-electron chi connectivity index (χ3n) is 10.1. The number of aliphatic hydroxyl groups is 1. The van der Waals surface area contributed by atoms with Gasteiger partial charge in [-0.25, -0.2) is 0 Å². The second-order valence-corrected chi connectivity index (χ2v) is 17.8. The van der Waals surface area contributed by atoms with Gasteiger partial charge in [0.25, 0.3) is 7.82 Å². The largest absolute Gasteiger partial charge is 0.756 e. The number of quaternary nitrogens is 1. The maximum Gasteiger partial charge on any atom is 0.268 e. The fourth-order valence-electron chi connectivity index (χ4n) is 6.57. The van der Waals surface area contributed by atoms with E-state index in [1.54, 1.807) is 0 Å². The Balaban J connectivity index is 4.00. The van der Waals surface area contributed by atoms with Crippen LogP contribution in [0.4, 0.5) is 0 Å². The Morgan fingerprint density at radius 2 is 0.961 bits per heavy atom. The summed E-state index contributed by atoms with van der Waals surface area (Å²) in [5, 5.41) is 13.8. The zero-order valence-corrected chi connectivity index (χ0v) is 35.5. The Labute approximate surface area is 317 Å². The van der Waals surface area contributed by atoms with Gasteiger partial charge >= 0.3 is 0 Å². The van der Waals surface area contributed by atoms with Gasteiger partial charge in [-0.2, -0.15) is 0 Å². The Hall–Kier alpha value is -0.500. The van der Waals surface area contributed by atoms with E-state index in [9.17, 15) is 19.4 Å². The topological polar surface area (TPSA) is 108 Å². The number of likely N-dealkylation sites (N-methyl/N-ethyl adjacent to an activating group) is 1. The predicted molar refractivity (Wildman–Crippen MR) is 215 cm³/mol. The van der Waals surface area contributed by atoms with E-state index in [1.807, 2.05) is 21.1 Å². The molecule has 2 N–H and O–H groups in total. The Morgan fingerprint density at radius 3 is 1.33 bits per heavy atom. The number of nitrogens with zero attached hydrogens (tertiary/aromatic N) is 1. The minimum Gasteiger partial charge on any atom is -0.756 e. The third-order valence-corrected chi connectivity index (χ3v) is 11.1. The summed E-state index contributed by atoms with van der Waals surface area (Å²) in [4.78, 5) is 25.0. The molecule has 0 spiro atoms. The number of hydrogen-bond donors (Lipinski definition) is 2. The molecule has 0 bridgehead atoms. The van der Waals surface area contributed by atoms with Crippen molar-refractivity contribution in [1.82, 2.24) is 5.32 Å². The summed E-state index contributed by atoms with van der Waals surface area (Å²) in [7, 11) is 1.31. The van der Waals surface area contributed by atoms with Crippen molar-refractivity contribution in [2.24, 2.45) is 0 Å². The standard InChI is InChI=1S/C42H87N2O6P/c1-6-8-10-12-13-14-15-16-17-18-19-20-21-22-23-24-25-26-27-28-29-30-32-33-35-41(45)40(43-42(46)36-34-31-11-9-7-2)39-50-51(47,48)49-38-37-44(3,4)5/h40-41,45H,6-39H2,1-5H3,(H-,43,46,47,48). The van der Waals surface area contributed by atoms with E-state index in [-0.39, 0.29) is 19.1 Å². The van der Waals surface area contributed by atoms with Crippen LogP contribution in [0.5, 0.6) is 0 Å². The van der Waals surface area contributed by atoms with Crippen LogP contribution in [-0.4, -0.2) is 68.5 Å². The molecule has 306 valence electrons. The summed E-state index contributed by atoms with van der Waals surface area (Å²) >= 11 is 0. The lowest BCUT2D eigenvalue weighted by atomic mass is 10.0. The molecule has 8 nitrogen and oxygen atoms in total. The summed E-state index contributed by atoms with van der Waals surface area (Å²) in [6, 6.07) is -0.790. The smallest absolute Gasteiger partial charge is 0.268 e. The highest BCUT2D eigenvalue weighted by atomic mass is 31.2. The van der Waals surface area contributed by atoms with Crippen LogP contribution in [0.25, 0.3) is 0 Å². The fraction of sp³-hybridized carbons (Fsp3) is 0.976. The van der Waals surface area contributed by atoms with Crippen LogP contribution in [0.1, 0.15) is 213 Å². The average molecular weight is 747 g/mol. The molecule has 0 heterocycles. The first kappa shape index (κ1) is 50.5. The van der Waals surface area contributed by atoms with Crippen molar-refractivity contribution < 1.29 is 32.9 Å². The summed E-state index contributed by atoms with van der Waals surface area (Å²) in [5.41, 5.74) is 0. The van der Waals surface area contributed by atoms with E-state index in [0.717, 1.165) is 51.4 Å². The summed E-state index contributed by atoms with van der Waals surface area (Å²) in [5.74, 6) is -0.176. The van der Waals surface area contributed by atoms with Crippen molar-refractivity contribution in [3.63, 3.8) is 0 Å². The summed E-state index contributed by atoms with van der Waals surface area (Å²) in [6.07, 6.45) is 37.3. The van der Waals surface area contributed by atoms with Crippen molar-refractivity contribution in [3.05, 3.63) is 0 Å². The molecule has 1 amide bonds. The molecular weight excluding hydrogens is 659 g/mol. The van der Waals surface area contributed by atoms with E-state index < -0.39 is 20.0 Å². The minimum atomic E-state index is -4.54. The van der Waals surface area contributed by atoms with Crippen LogP contribution in [0.15, 0.2) is 0 Å². The molecule has 51 heavy (non-hydrogen) atoms. The van der Waals surface area contributed by atoms with Gasteiger partial charge in [0.1, 0.15) is 13.2 Å². The number of nitrogens with one attached hydrogen (secondary N) is 1. The van der Waals surface area contributed by atoms with Crippen molar-refractivity contribution in [3.8, 4) is 0 Å². The molecule has 0 aromatic rings. The van der Waals surface area contributed by atoms with E-state index in [1.165, 1.54) is 135 Å². The van der Waals surface area contributed by atoms with Crippen LogP contribution in [0, 0.1) is 0 Å². The number of amides is 1. The number of phosphoric acid groups is 1. The van der Waals surface area contributed by atoms with Crippen molar-refractivity contribution in [1.29, 1.82) is 0 Å². The monoisotopic (exact) mass is 747 g/mol. The zero-order valence-electron chi connectivity index (χ0n) is 34.6. The molecule has 9 heteroatoms. The fourth-order valence-corrected chi connectivity index (χ4v) is 7.29. The number of aliphatic hydroxyl groups excluding tert-OH is 1. The lowest BCUT2D eigenvalue weighted by Crippen LogP contribution is -2.46. The third kappa shape index (κ3) is 37.6. The minimum absolute atomic E-state index is 0.0150. The van der Waals surface area contributed by atoms with Crippen molar-refractivity contribution in [2.45, 2.75) is 225 Å². The Bertz CT molecular complexity index is 809. The maximum absolute atomic E-state index is 12.6. The highest BCUT2D eigenvalue weighted by Crippen LogP contribution is 2.38. The number of phosphoric ester groups is 1. The van der Waals surface area contributed by atoms with Crippen LogP contribution in [0.2, 0.25) is 0 Å². The molecular formula is C42H87N2O6P. The number of carbonyl (C=O) groups excluding carboxylic acids is 1. The lowest BCUT2D eigenvalue weighted by molar-refractivity contribution is -0.870. The van der Waals surface area contributed by atoms with E-state index >= 15 is 0 Å². The van der Waals surface area contributed by atoms with Gasteiger partial charge in [-0.3, -0.25) is 9.36 Å². The second-order valence-electron chi connectivity index (χ2n) is 16.4. The van der Waals surface area contributed by atoms with Gasteiger partial charge in [0.2, 0.25) is 5.91 Å². The summed E-state index contributed by atoms with van der Waals surface area (Å²) in [6.45, 7) is 4.64. The average Bonchev–Trinajstić information content (AvgIpc) is 3.07. The lowest BCUT2D eigenvalue weighted by Gasteiger charge is -2.30. The van der Waals surface area contributed by atoms with Crippen molar-refractivity contribution >= 4 is 13.7 Å². The molecule has 0 aliphatic rings. The normalized spacial score (nSPS) is 14.4. The van der Waals surface area contributed by atoms with Crippen LogP contribution < -0.4 is 10.2 Å². The molecule has 0 aliphatic heterocycles. The first-order valence-electron chi connectivity index (χ1n) is 21.9. The van der Waals surface area contributed by atoms with E-state index in [0.29, 0.717) is 23.9 Å². The zero-order chi connectivity index (χ0) is 37.9. The summed E-state index contributed by atoms with van der Waals surface area (Å²) < 4.78 is 23.1. The molecule has 0 radical (unpaired) electrons. The Morgan fingerprint density at radius 1 is 0.608 bits per heavy atom. The number of unbranched alkanes of at least 4 members (excludes halogenated alkanes) is 27. The number of rotatable bonds is 40. The molecule has 3 unspecified atom stereocenters. The molecule has 0 aromatic carbocycles. The maximum atomic E-state index is 12.6.